The van der Waals surface area contributed by atoms with Crippen LogP contribution in [0.2, 0.25) is 0 Å². The Morgan fingerprint density at radius 1 is 1.14 bits per heavy atom. The summed E-state index contributed by atoms with van der Waals surface area (Å²) in [5.74, 6) is -0.103. The number of carbonyl (C=O) groups excluding carboxylic acids is 1. The van der Waals surface area contributed by atoms with E-state index < -0.39 is 0 Å². The van der Waals surface area contributed by atoms with E-state index in [0.29, 0.717) is 27.5 Å². The second kappa shape index (κ2) is 7.85. The van der Waals surface area contributed by atoms with E-state index in [0.717, 1.165) is 21.7 Å². The fourth-order valence-electron chi connectivity index (χ4n) is 2.75. The van der Waals surface area contributed by atoms with Gasteiger partial charge in [0, 0.05) is 22.6 Å². The summed E-state index contributed by atoms with van der Waals surface area (Å²) >= 11 is 2.77. The van der Waals surface area contributed by atoms with E-state index >= 15 is 0 Å². The Kier molecular flexibility index (Phi) is 5.28. The first-order valence-electron chi connectivity index (χ1n) is 8.92. The van der Waals surface area contributed by atoms with Crippen molar-refractivity contribution >= 4 is 39.7 Å². The maximum atomic E-state index is 13.4. The molecule has 2 aromatic carbocycles. The molecule has 0 spiro atoms. The number of aromatic nitrogens is 1. The summed E-state index contributed by atoms with van der Waals surface area (Å²) in [6, 6.07) is 14.2. The molecule has 1 N–H and O–H groups in total. The Bertz CT molecular complexity index is 1060. The van der Waals surface area contributed by atoms with Crippen LogP contribution in [-0.2, 0) is 0 Å². The number of carbonyl (C=O) groups is 1. The van der Waals surface area contributed by atoms with Gasteiger partial charge < -0.3 is 5.32 Å². The molecule has 0 atom stereocenters. The third-order valence-corrected chi connectivity index (χ3v) is 6.26. The zero-order valence-electron chi connectivity index (χ0n) is 15.4. The van der Waals surface area contributed by atoms with Crippen molar-refractivity contribution in [1.82, 2.24) is 10.3 Å². The summed E-state index contributed by atoms with van der Waals surface area (Å²) in [4.78, 5) is 22.8. The number of hydrogen-bond acceptors (Lipinski definition) is 5. The fourth-order valence-corrected chi connectivity index (χ4v) is 4.71. The summed E-state index contributed by atoms with van der Waals surface area (Å²) in [6.07, 6.45) is 0. The van der Waals surface area contributed by atoms with Crippen molar-refractivity contribution in [3.05, 3.63) is 70.5 Å². The minimum absolute atomic E-state index is 0.181. The molecule has 0 saturated heterocycles. The maximum Gasteiger partial charge on any atom is 0.280 e. The van der Waals surface area contributed by atoms with Crippen LogP contribution in [0.15, 0.2) is 63.4 Å². The molecule has 1 aliphatic rings. The summed E-state index contributed by atoms with van der Waals surface area (Å²) in [7, 11) is 0. The molecule has 3 aromatic rings. The van der Waals surface area contributed by atoms with E-state index in [1.54, 1.807) is 12.1 Å². The number of hydrogen-bond donors (Lipinski definition) is 1. The van der Waals surface area contributed by atoms with Crippen LogP contribution in [0, 0.1) is 11.7 Å². The highest BCUT2D eigenvalue weighted by Crippen LogP contribution is 2.43. The summed E-state index contributed by atoms with van der Waals surface area (Å²) < 4.78 is 13.4. The van der Waals surface area contributed by atoms with Crippen LogP contribution >= 0.6 is 23.1 Å². The van der Waals surface area contributed by atoms with Crippen molar-refractivity contribution in [3.8, 4) is 0 Å². The predicted octanol–water partition coefficient (Wildman–Crippen LogP) is 5.30. The largest absolute Gasteiger partial charge is 0.350 e. The van der Waals surface area contributed by atoms with E-state index in [1.165, 1.54) is 35.2 Å². The number of halogens is 1. The van der Waals surface area contributed by atoms with Crippen LogP contribution in [0.25, 0.3) is 0 Å². The molecule has 1 aromatic heterocycles. The van der Waals surface area contributed by atoms with Gasteiger partial charge in [0.05, 0.1) is 5.71 Å². The molecule has 0 fully saturated rings. The molecular weight excluding hydrogens is 393 g/mol. The highest BCUT2D eigenvalue weighted by molar-refractivity contribution is 7.99. The molecule has 7 heteroatoms. The van der Waals surface area contributed by atoms with E-state index in [4.69, 9.17) is 4.99 Å². The van der Waals surface area contributed by atoms with E-state index in [9.17, 15) is 9.18 Å². The lowest BCUT2D eigenvalue weighted by Crippen LogP contribution is -2.27. The Hall–Kier alpha value is -2.51. The smallest absolute Gasteiger partial charge is 0.280 e. The highest BCUT2D eigenvalue weighted by atomic mass is 32.2. The van der Waals surface area contributed by atoms with Gasteiger partial charge in [-0.1, -0.05) is 55.1 Å². The minimum Gasteiger partial charge on any atom is -0.350 e. The first kappa shape index (κ1) is 18.8. The van der Waals surface area contributed by atoms with Gasteiger partial charge in [-0.15, -0.1) is 0 Å². The lowest BCUT2D eigenvalue weighted by molar-refractivity contribution is 0.0948. The first-order valence-corrected chi connectivity index (χ1v) is 10.6. The molecule has 4 nitrogen and oxygen atoms in total. The number of nitrogens with one attached hydrogen (secondary N) is 1. The number of rotatable bonds is 4. The Morgan fingerprint density at radius 2 is 1.89 bits per heavy atom. The van der Waals surface area contributed by atoms with Gasteiger partial charge in [-0.25, -0.2) is 14.4 Å². The number of amides is 1. The second-order valence-corrected chi connectivity index (χ2v) is 8.81. The summed E-state index contributed by atoms with van der Waals surface area (Å²) in [5, 5.41) is 4.71. The first-order chi connectivity index (χ1) is 13.5. The molecule has 1 aliphatic heterocycles. The predicted molar refractivity (Wildman–Crippen MR) is 112 cm³/mol. The van der Waals surface area contributed by atoms with E-state index in [2.05, 4.69) is 10.3 Å². The molecule has 0 aliphatic carbocycles. The van der Waals surface area contributed by atoms with Gasteiger partial charge in [0.2, 0.25) is 0 Å². The Morgan fingerprint density at radius 3 is 2.64 bits per heavy atom. The molecule has 2 heterocycles. The van der Waals surface area contributed by atoms with Crippen LogP contribution in [0.4, 0.5) is 9.39 Å². The van der Waals surface area contributed by atoms with Crippen LogP contribution in [-0.4, -0.2) is 23.1 Å². The molecular formula is C21H18FN3OS2. The normalized spacial score (nSPS) is 12.8. The quantitative estimate of drug-likeness (QED) is 0.496. The van der Waals surface area contributed by atoms with Gasteiger partial charge in [0.15, 0.2) is 10.0 Å². The molecule has 142 valence electrons. The molecule has 4 rings (SSSR count). The lowest BCUT2D eigenvalue weighted by atomic mass is 10.0. The van der Waals surface area contributed by atoms with E-state index in [1.807, 2.05) is 38.1 Å². The van der Waals surface area contributed by atoms with Crippen LogP contribution in [0.1, 0.15) is 34.8 Å². The monoisotopic (exact) mass is 411 g/mol. The lowest BCUT2D eigenvalue weighted by Gasteiger charge is -2.09. The summed E-state index contributed by atoms with van der Waals surface area (Å²) in [6.45, 7) is 4.69. The number of nitrogens with zero attached hydrogens (tertiary/aromatic N) is 2. The Balaban J connectivity index is 1.77. The second-order valence-electron chi connectivity index (χ2n) is 6.80. The van der Waals surface area contributed by atoms with Crippen molar-refractivity contribution in [2.24, 2.45) is 10.9 Å². The van der Waals surface area contributed by atoms with Gasteiger partial charge >= 0.3 is 0 Å². The average Bonchev–Trinajstić information content (AvgIpc) is 3.01. The highest BCUT2D eigenvalue weighted by Gasteiger charge is 2.24. The van der Waals surface area contributed by atoms with Crippen LogP contribution in [0.5, 0.6) is 0 Å². The van der Waals surface area contributed by atoms with Crippen LogP contribution < -0.4 is 5.32 Å². The zero-order chi connectivity index (χ0) is 19.7. The number of fused-ring (bicyclic) bond motifs is 2. The molecule has 0 radical (unpaired) electrons. The fraction of sp³-hybridized carbons (Fsp3) is 0.190. The number of aliphatic imine (C=N–C) groups is 1. The molecule has 1 amide bonds. The van der Waals surface area contributed by atoms with Crippen molar-refractivity contribution in [3.63, 3.8) is 0 Å². The molecule has 0 unspecified atom stereocenters. The standard InChI is InChI=1S/C21H18FN3OS2/c1-12(2)11-23-18(26)19-25-21-20(28-19)24-17(13-7-9-14(22)10-8-13)15-5-3-4-6-16(15)27-21/h3-10,12H,11H2,1-2H3,(H,23,26). The van der Waals surface area contributed by atoms with E-state index in [-0.39, 0.29) is 11.7 Å². The molecule has 0 bridgehead atoms. The number of thiazole rings is 1. The third kappa shape index (κ3) is 3.86. The van der Waals surface area contributed by atoms with Gasteiger partial charge in [0.25, 0.3) is 5.91 Å². The Labute approximate surface area is 170 Å². The minimum atomic E-state index is -0.289. The van der Waals surface area contributed by atoms with Gasteiger partial charge in [-0.2, -0.15) is 0 Å². The van der Waals surface area contributed by atoms with Gasteiger partial charge in [0.1, 0.15) is 10.8 Å². The molecule has 0 saturated carbocycles. The van der Waals surface area contributed by atoms with Crippen molar-refractivity contribution in [2.45, 2.75) is 23.8 Å². The average molecular weight is 412 g/mol. The molecule has 28 heavy (non-hydrogen) atoms. The van der Waals surface area contributed by atoms with Crippen LogP contribution in [0.3, 0.4) is 0 Å². The maximum absolute atomic E-state index is 13.4. The van der Waals surface area contributed by atoms with Crippen molar-refractivity contribution < 1.29 is 9.18 Å². The van der Waals surface area contributed by atoms with Crippen molar-refractivity contribution in [1.29, 1.82) is 0 Å². The van der Waals surface area contributed by atoms with Crippen molar-refractivity contribution in [2.75, 3.05) is 6.54 Å². The number of benzene rings is 2. The third-order valence-electron chi connectivity index (χ3n) is 4.12. The van der Waals surface area contributed by atoms with Gasteiger partial charge in [-0.05, 0) is 36.2 Å². The summed E-state index contributed by atoms with van der Waals surface area (Å²) in [5.41, 5.74) is 2.54. The SMILES string of the molecule is CC(C)CNC(=O)c1nc2c(s1)N=C(c1ccc(F)cc1)c1ccccc1S2. The topological polar surface area (TPSA) is 54.4 Å². The zero-order valence-corrected chi connectivity index (χ0v) is 17.0. The van der Waals surface area contributed by atoms with Gasteiger partial charge in [-0.3, -0.25) is 4.79 Å².